The predicted octanol–water partition coefficient (Wildman–Crippen LogP) is 0.964. The van der Waals surface area contributed by atoms with E-state index in [9.17, 15) is 14.7 Å². The van der Waals surface area contributed by atoms with E-state index in [0.29, 0.717) is 5.76 Å². The Morgan fingerprint density at radius 3 is 2.62 bits per heavy atom. The zero-order valence-electron chi connectivity index (χ0n) is 12.3. The van der Waals surface area contributed by atoms with Crippen molar-refractivity contribution in [2.24, 2.45) is 11.7 Å². The molecule has 0 radical (unpaired) electrons. The van der Waals surface area contributed by atoms with Gasteiger partial charge in [0.2, 0.25) is 0 Å². The first-order valence-electron chi connectivity index (χ1n) is 6.71. The summed E-state index contributed by atoms with van der Waals surface area (Å²) in [6, 6.07) is 2.20. The molecule has 0 bridgehead atoms. The van der Waals surface area contributed by atoms with Crippen molar-refractivity contribution in [2.45, 2.75) is 38.6 Å². The Morgan fingerprint density at radius 2 is 2.19 bits per heavy atom. The number of rotatable bonds is 4. The lowest BCUT2D eigenvalue weighted by Gasteiger charge is -2.47. The summed E-state index contributed by atoms with van der Waals surface area (Å²) < 4.78 is 10.4. The summed E-state index contributed by atoms with van der Waals surface area (Å²) in [5.74, 6) is -1.71. The van der Waals surface area contributed by atoms with Gasteiger partial charge in [0, 0.05) is 6.54 Å². The molecule has 1 aliphatic rings. The summed E-state index contributed by atoms with van der Waals surface area (Å²) in [5, 5.41) is 9.34. The van der Waals surface area contributed by atoms with Crippen molar-refractivity contribution in [3.05, 3.63) is 24.2 Å². The van der Waals surface area contributed by atoms with Crippen molar-refractivity contribution in [1.82, 2.24) is 4.90 Å². The molecule has 1 fully saturated rings. The minimum absolute atomic E-state index is 0.230. The first-order chi connectivity index (χ1) is 9.70. The number of carbonyl (C=O) groups excluding carboxylic acids is 1. The molecular formula is C14H20N2O5. The molecule has 116 valence electrons. The summed E-state index contributed by atoms with van der Waals surface area (Å²) in [5.41, 5.74) is 5.36. The van der Waals surface area contributed by atoms with Gasteiger partial charge in [-0.25, -0.2) is 0 Å². The Hall–Kier alpha value is -1.86. The summed E-state index contributed by atoms with van der Waals surface area (Å²) in [6.07, 6.45) is 0.702. The number of carbonyl (C=O) groups is 2. The molecule has 1 aliphatic heterocycles. The van der Waals surface area contributed by atoms with Crippen molar-refractivity contribution in [3.63, 3.8) is 0 Å². The maximum absolute atomic E-state index is 12.0. The van der Waals surface area contributed by atoms with Gasteiger partial charge >= 0.3 is 11.9 Å². The summed E-state index contributed by atoms with van der Waals surface area (Å²) in [6.45, 7) is 5.55. The van der Waals surface area contributed by atoms with Crippen molar-refractivity contribution in [1.29, 1.82) is 0 Å². The van der Waals surface area contributed by atoms with Crippen LogP contribution in [0.4, 0.5) is 0 Å². The molecule has 1 aromatic rings. The van der Waals surface area contributed by atoms with Crippen molar-refractivity contribution in [3.8, 4) is 0 Å². The zero-order chi connectivity index (χ0) is 15.8. The van der Waals surface area contributed by atoms with Crippen LogP contribution < -0.4 is 5.73 Å². The third kappa shape index (κ3) is 3.25. The topological polar surface area (TPSA) is 106 Å². The van der Waals surface area contributed by atoms with E-state index < -0.39 is 35.7 Å². The highest BCUT2D eigenvalue weighted by Crippen LogP contribution is 2.33. The van der Waals surface area contributed by atoms with E-state index in [-0.39, 0.29) is 6.54 Å². The molecule has 7 heteroatoms. The van der Waals surface area contributed by atoms with E-state index in [1.54, 1.807) is 32.9 Å². The predicted molar refractivity (Wildman–Crippen MR) is 73.1 cm³/mol. The normalized spacial score (nSPS) is 24.2. The SMILES string of the molecule is CC(C)(C)OC(=O)[C@@H]1CN([C@H](C(=O)O)c2ccco2)[C@H]1N. The molecule has 0 saturated carbocycles. The van der Waals surface area contributed by atoms with Crippen LogP contribution in [-0.4, -0.2) is 40.3 Å². The molecule has 0 unspecified atom stereocenters. The third-order valence-electron chi connectivity index (χ3n) is 3.29. The van der Waals surface area contributed by atoms with E-state index >= 15 is 0 Å². The number of hydrogen-bond donors (Lipinski definition) is 2. The van der Waals surface area contributed by atoms with Crippen LogP contribution >= 0.6 is 0 Å². The van der Waals surface area contributed by atoms with Crippen LogP contribution in [0.1, 0.15) is 32.6 Å². The quantitative estimate of drug-likeness (QED) is 0.797. The zero-order valence-corrected chi connectivity index (χ0v) is 12.3. The largest absolute Gasteiger partial charge is 0.480 e. The Labute approximate surface area is 122 Å². The first-order valence-corrected chi connectivity index (χ1v) is 6.71. The van der Waals surface area contributed by atoms with Crippen LogP contribution in [0.3, 0.4) is 0 Å². The van der Waals surface area contributed by atoms with E-state index in [0.717, 1.165) is 0 Å². The van der Waals surface area contributed by atoms with Crippen molar-refractivity contribution >= 4 is 11.9 Å². The maximum Gasteiger partial charge on any atom is 0.328 e. The van der Waals surface area contributed by atoms with E-state index in [4.69, 9.17) is 14.9 Å². The Kier molecular flexibility index (Phi) is 4.06. The monoisotopic (exact) mass is 296 g/mol. The molecule has 0 aliphatic carbocycles. The number of hydrogen-bond acceptors (Lipinski definition) is 6. The van der Waals surface area contributed by atoms with E-state index in [2.05, 4.69) is 0 Å². The van der Waals surface area contributed by atoms with Gasteiger partial charge in [-0.05, 0) is 32.9 Å². The number of carboxylic acid groups (broad SMARTS) is 1. The number of esters is 1. The molecule has 1 aromatic heterocycles. The van der Waals surface area contributed by atoms with E-state index in [1.165, 1.54) is 11.2 Å². The highest BCUT2D eigenvalue weighted by molar-refractivity contribution is 5.78. The number of nitrogens with two attached hydrogens (primary N) is 1. The van der Waals surface area contributed by atoms with Crippen molar-refractivity contribution < 1.29 is 23.8 Å². The summed E-state index contributed by atoms with van der Waals surface area (Å²) in [4.78, 5) is 24.9. The molecule has 7 nitrogen and oxygen atoms in total. The summed E-state index contributed by atoms with van der Waals surface area (Å²) in [7, 11) is 0. The second-order valence-corrected chi connectivity index (χ2v) is 6.08. The molecule has 2 rings (SSSR count). The highest BCUT2D eigenvalue weighted by Gasteiger charge is 2.49. The standard InChI is InChI=1S/C14H20N2O5/c1-14(2,3)21-13(19)8-7-16(11(8)15)10(12(17)18)9-5-4-6-20-9/h4-6,8,10-11H,7,15H2,1-3H3,(H,17,18)/t8-,10+,11-/m1/s1. The average Bonchev–Trinajstić information content (AvgIpc) is 2.83. The molecule has 3 N–H and O–H groups in total. The average molecular weight is 296 g/mol. The van der Waals surface area contributed by atoms with Crippen LogP contribution in [0.5, 0.6) is 0 Å². The fraction of sp³-hybridized carbons (Fsp3) is 0.571. The lowest BCUT2D eigenvalue weighted by molar-refractivity contribution is -0.177. The van der Waals surface area contributed by atoms with Crippen LogP contribution in [0, 0.1) is 5.92 Å². The minimum Gasteiger partial charge on any atom is -0.480 e. The number of carboxylic acids is 1. The molecule has 2 heterocycles. The Morgan fingerprint density at radius 1 is 1.52 bits per heavy atom. The first kappa shape index (κ1) is 15.5. The fourth-order valence-electron chi connectivity index (χ4n) is 2.29. The van der Waals surface area contributed by atoms with Crippen LogP contribution in [-0.2, 0) is 14.3 Å². The van der Waals surface area contributed by atoms with Gasteiger partial charge in [-0.3, -0.25) is 14.5 Å². The molecule has 0 aromatic carbocycles. The highest BCUT2D eigenvalue weighted by atomic mass is 16.6. The molecular weight excluding hydrogens is 276 g/mol. The van der Waals surface area contributed by atoms with Gasteiger partial charge in [0.1, 0.15) is 11.4 Å². The lowest BCUT2D eigenvalue weighted by Crippen LogP contribution is -2.66. The number of nitrogens with zero attached hydrogens (tertiary/aromatic N) is 1. The van der Waals surface area contributed by atoms with Gasteiger partial charge in [-0.15, -0.1) is 0 Å². The van der Waals surface area contributed by atoms with Gasteiger partial charge < -0.3 is 20.0 Å². The Balaban J connectivity index is 2.05. The third-order valence-corrected chi connectivity index (χ3v) is 3.29. The second kappa shape index (κ2) is 5.50. The molecule has 21 heavy (non-hydrogen) atoms. The van der Waals surface area contributed by atoms with Crippen molar-refractivity contribution in [2.75, 3.05) is 6.54 Å². The fourth-order valence-corrected chi connectivity index (χ4v) is 2.29. The van der Waals surface area contributed by atoms with Gasteiger partial charge in [0.15, 0.2) is 6.04 Å². The van der Waals surface area contributed by atoms with Gasteiger partial charge in [0.05, 0.1) is 18.3 Å². The second-order valence-electron chi connectivity index (χ2n) is 6.08. The van der Waals surface area contributed by atoms with Crippen LogP contribution in [0.25, 0.3) is 0 Å². The Bertz CT molecular complexity index is 520. The number of likely N-dealkylation sites (tertiary alicyclic amines) is 1. The molecule has 0 spiro atoms. The van der Waals surface area contributed by atoms with Crippen LogP contribution in [0.2, 0.25) is 0 Å². The minimum atomic E-state index is -1.07. The van der Waals surface area contributed by atoms with Gasteiger partial charge in [-0.2, -0.15) is 0 Å². The van der Waals surface area contributed by atoms with E-state index in [1.807, 2.05) is 0 Å². The lowest BCUT2D eigenvalue weighted by atomic mass is 9.92. The molecule has 0 amide bonds. The number of ether oxygens (including phenoxy) is 1. The van der Waals surface area contributed by atoms with Crippen LogP contribution in [0.15, 0.2) is 22.8 Å². The van der Waals surface area contributed by atoms with Gasteiger partial charge in [-0.1, -0.05) is 0 Å². The number of furan rings is 1. The molecule has 1 saturated heterocycles. The molecule has 3 atom stereocenters. The maximum atomic E-state index is 12.0. The van der Waals surface area contributed by atoms with Gasteiger partial charge in [0.25, 0.3) is 0 Å². The summed E-state index contributed by atoms with van der Waals surface area (Å²) >= 11 is 0. The smallest absolute Gasteiger partial charge is 0.328 e. The number of aliphatic carboxylic acids is 1.